The molecule has 4 nitrogen and oxygen atoms in total. The smallest absolute Gasteiger partial charge is 0.0724 e. The molecule has 0 aliphatic carbocycles. The van der Waals surface area contributed by atoms with Crippen LogP contribution in [0.2, 0.25) is 0 Å². The van der Waals surface area contributed by atoms with E-state index in [1.54, 1.807) is 0 Å². The molecule has 0 atom stereocenters. The molecule has 0 fully saturated rings. The summed E-state index contributed by atoms with van der Waals surface area (Å²) in [5.41, 5.74) is 6.30. The Kier molecular flexibility index (Phi) is 4.88. The molecule has 2 aromatic rings. The molecular formula is C20H24N4. The van der Waals surface area contributed by atoms with Gasteiger partial charge in [0.05, 0.1) is 22.8 Å². The van der Waals surface area contributed by atoms with Crippen molar-refractivity contribution < 1.29 is 0 Å². The van der Waals surface area contributed by atoms with Crippen LogP contribution in [0.4, 0.5) is 11.4 Å². The van der Waals surface area contributed by atoms with E-state index < -0.39 is 0 Å². The molecule has 124 valence electrons. The lowest BCUT2D eigenvalue weighted by atomic mass is 10.0. The van der Waals surface area contributed by atoms with Crippen LogP contribution in [0.5, 0.6) is 0 Å². The van der Waals surface area contributed by atoms with E-state index in [1.165, 1.54) is 0 Å². The number of para-hydroxylation sites is 2. The van der Waals surface area contributed by atoms with Gasteiger partial charge in [0.2, 0.25) is 0 Å². The van der Waals surface area contributed by atoms with Crippen molar-refractivity contribution in [3.63, 3.8) is 0 Å². The summed E-state index contributed by atoms with van der Waals surface area (Å²) in [5.74, 6) is 0. The minimum absolute atomic E-state index is 0.782. The van der Waals surface area contributed by atoms with Gasteiger partial charge in [-0.15, -0.1) is 0 Å². The zero-order valence-corrected chi connectivity index (χ0v) is 14.8. The number of benzene rings is 2. The first kappa shape index (κ1) is 16.6. The summed E-state index contributed by atoms with van der Waals surface area (Å²) in [4.78, 5) is 14.3. The van der Waals surface area contributed by atoms with Crippen molar-refractivity contribution in [3.05, 3.63) is 59.7 Å². The van der Waals surface area contributed by atoms with Crippen LogP contribution in [0.15, 0.2) is 58.5 Å². The molecule has 1 heterocycles. The lowest BCUT2D eigenvalue weighted by Crippen LogP contribution is -2.25. The quantitative estimate of drug-likeness (QED) is 0.865. The highest BCUT2D eigenvalue weighted by molar-refractivity contribution is 6.14. The summed E-state index contributed by atoms with van der Waals surface area (Å²) in [5, 5.41) is 0. The third-order valence-electron chi connectivity index (χ3n) is 3.87. The van der Waals surface area contributed by atoms with Crippen molar-refractivity contribution in [1.29, 1.82) is 0 Å². The molecule has 4 heteroatoms. The van der Waals surface area contributed by atoms with Crippen LogP contribution in [-0.4, -0.2) is 62.5 Å². The Morgan fingerprint density at radius 3 is 1.38 bits per heavy atom. The molecule has 0 amide bonds. The Morgan fingerprint density at radius 1 is 0.625 bits per heavy atom. The molecular weight excluding hydrogens is 296 g/mol. The summed E-state index contributed by atoms with van der Waals surface area (Å²) >= 11 is 0. The largest absolute Gasteiger partial charge is 0.304 e. The topological polar surface area (TPSA) is 31.2 Å². The molecule has 1 aliphatic heterocycles. The Hall–Kier alpha value is -2.30. The molecule has 0 saturated carbocycles. The van der Waals surface area contributed by atoms with Crippen LogP contribution in [0, 0.1) is 0 Å². The lowest BCUT2D eigenvalue weighted by Gasteiger charge is -2.20. The van der Waals surface area contributed by atoms with Crippen LogP contribution in [-0.2, 0) is 0 Å². The molecule has 3 rings (SSSR count). The van der Waals surface area contributed by atoms with Crippen molar-refractivity contribution in [2.45, 2.75) is 0 Å². The molecule has 0 unspecified atom stereocenters. The van der Waals surface area contributed by atoms with Crippen molar-refractivity contribution in [2.24, 2.45) is 9.98 Å². The van der Waals surface area contributed by atoms with Crippen molar-refractivity contribution in [1.82, 2.24) is 9.80 Å². The van der Waals surface area contributed by atoms with Gasteiger partial charge in [-0.25, -0.2) is 0 Å². The average Bonchev–Trinajstić information content (AvgIpc) is 2.52. The average molecular weight is 320 g/mol. The van der Waals surface area contributed by atoms with E-state index in [9.17, 15) is 0 Å². The molecule has 0 saturated heterocycles. The van der Waals surface area contributed by atoms with E-state index in [-0.39, 0.29) is 0 Å². The van der Waals surface area contributed by atoms with Gasteiger partial charge in [0.25, 0.3) is 0 Å². The second-order valence-electron chi connectivity index (χ2n) is 6.63. The first-order chi connectivity index (χ1) is 11.5. The number of hydrogen-bond donors (Lipinski definition) is 0. The molecule has 24 heavy (non-hydrogen) atoms. The van der Waals surface area contributed by atoms with Gasteiger partial charge in [0.1, 0.15) is 0 Å². The summed E-state index contributed by atoms with van der Waals surface area (Å²) in [6, 6.07) is 16.6. The van der Waals surface area contributed by atoms with Crippen LogP contribution < -0.4 is 0 Å². The van der Waals surface area contributed by atoms with Gasteiger partial charge in [-0.3, -0.25) is 9.98 Å². The molecule has 0 bridgehead atoms. The van der Waals surface area contributed by atoms with Crippen LogP contribution >= 0.6 is 0 Å². The first-order valence-electron chi connectivity index (χ1n) is 8.18. The Labute approximate surface area is 144 Å². The van der Waals surface area contributed by atoms with Gasteiger partial charge in [0, 0.05) is 24.2 Å². The fraction of sp³-hybridized carbons (Fsp3) is 0.300. The maximum atomic E-state index is 5.01. The number of hydrogen-bond acceptors (Lipinski definition) is 4. The summed E-state index contributed by atoms with van der Waals surface area (Å²) in [6.45, 7) is 1.56. The zero-order chi connectivity index (χ0) is 17.1. The normalized spacial score (nSPS) is 13.8. The van der Waals surface area contributed by atoms with E-state index in [0.29, 0.717) is 0 Å². The van der Waals surface area contributed by atoms with E-state index in [4.69, 9.17) is 9.98 Å². The predicted molar refractivity (Wildman–Crippen MR) is 102 cm³/mol. The Morgan fingerprint density at radius 2 is 1.00 bits per heavy atom. The highest BCUT2D eigenvalue weighted by Crippen LogP contribution is 2.29. The fourth-order valence-electron chi connectivity index (χ4n) is 2.88. The van der Waals surface area contributed by atoms with Crippen molar-refractivity contribution in [3.8, 4) is 0 Å². The standard InChI is InChI=1S/C20H24N4/c1-23(2)13-19-15-9-5-7-11-17(15)22-20(14-24(3)4)16-10-6-8-12-18(16)21-19/h5-12H,13-14H2,1-4H3. The molecule has 0 radical (unpaired) electrons. The summed E-state index contributed by atoms with van der Waals surface area (Å²) in [7, 11) is 8.26. The van der Waals surface area contributed by atoms with Crippen molar-refractivity contribution >= 4 is 22.8 Å². The number of rotatable bonds is 4. The van der Waals surface area contributed by atoms with E-state index in [1.807, 2.05) is 12.1 Å². The molecule has 0 aromatic heterocycles. The van der Waals surface area contributed by atoms with E-state index in [0.717, 1.165) is 47.0 Å². The first-order valence-corrected chi connectivity index (χ1v) is 8.18. The molecule has 1 aliphatic rings. The minimum atomic E-state index is 0.782. The van der Waals surface area contributed by atoms with Gasteiger partial charge in [0.15, 0.2) is 0 Å². The van der Waals surface area contributed by atoms with Gasteiger partial charge < -0.3 is 9.80 Å². The van der Waals surface area contributed by atoms with Crippen LogP contribution in [0.25, 0.3) is 0 Å². The summed E-state index contributed by atoms with van der Waals surface area (Å²) in [6.07, 6.45) is 0. The molecule has 0 N–H and O–H groups in total. The highest BCUT2D eigenvalue weighted by Gasteiger charge is 2.17. The number of likely N-dealkylation sites (N-methyl/N-ethyl adjacent to an activating group) is 2. The van der Waals surface area contributed by atoms with Gasteiger partial charge in [-0.05, 0) is 40.3 Å². The number of nitrogens with zero attached hydrogens (tertiary/aromatic N) is 4. The van der Waals surface area contributed by atoms with Gasteiger partial charge in [-0.1, -0.05) is 36.4 Å². The SMILES string of the molecule is CN(C)CC1=Nc2ccccc2C(CN(C)C)=Nc2ccccc21. The maximum Gasteiger partial charge on any atom is 0.0724 e. The maximum absolute atomic E-state index is 5.01. The minimum Gasteiger partial charge on any atom is -0.304 e. The number of aliphatic imine (C=N–C) groups is 2. The Balaban J connectivity index is 2.22. The highest BCUT2D eigenvalue weighted by atomic mass is 15.1. The second-order valence-corrected chi connectivity index (χ2v) is 6.63. The van der Waals surface area contributed by atoms with E-state index in [2.05, 4.69) is 74.4 Å². The zero-order valence-electron chi connectivity index (χ0n) is 14.8. The van der Waals surface area contributed by atoms with Crippen LogP contribution in [0.3, 0.4) is 0 Å². The monoisotopic (exact) mass is 320 g/mol. The van der Waals surface area contributed by atoms with Crippen molar-refractivity contribution in [2.75, 3.05) is 41.3 Å². The molecule has 2 aromatic carbocycles. The third kappa shape index (κ3) is 3.61. The molecule has 0 spiro atoms. The predicted octanol–water partition coefficient (Wildman–Crippen LogP) is 3.36. The lowest BCUT2D eigenvalue weighted by molar-refractivity contribution is 0.469. The van der Waals surface area contributed by atoms with Gasteiger partial charge in [-0.2, -0.15) is 0 Å². The summed E-state index contributed by atoms with van der Waals surface area (Å²) < 4.78 is 0. The second kappa shape index (κ2) is 7.07. The third-order valence-corrected chi connectivity index (χ3v) is 3.87. The number of fused-ring (bicyclic) bond motifs is 2. The fourth-order valence-corrected chi connectivity index (χ4v) is 2.88. The van der Waals surface area contributed by atoms with Gasteiger partial charge >= 0.3 is 0 Å². The van der Waals surface area contributed by atoms with Crippen LogP contribution in [0.1, 0.15) is 11.1 Å². The Bertz CT molecular complexity index is 720. The van der Waals surface area contributed by atoms with E-state index >= 15 is 0 Å².